The molecular formula is C21H25N7S. The molecule has 3 aromatic heterocycles. The molecule has 1 aliphatic carbocycles. The number of hydrogen-bond donors (Lipinski definition) is 3. The fourth-order valence-corrected chi connectivity index (χ4v) is 5.01. The molecule has 29 heavy (non-hydrogen) atoms. The molecule has 0 amide bonds. The van der Waals surface area contributed by atoms with Gasteiger partial charge in [0.15, 0.2) is 5.65 Å². The first-order valence-corrected chi connectivity index (χ1v) is 10.8. The molecule has 8 heteroatoms. The van der Waals surface area contributed by atoms with Crippen LogP contribution in [0.5, 0.6) is 0 Å². The van der Waals surface area contributed by atoms with Crippen molar-refractivity contribution in [2.24, 2.45) is 5.73 Å². The van der Waals surface area contributed by atoms with Crippen LogP contribution < -0.4 is 16.8 Å². The highest BCUT2D eigenvalue weighted by Gasteiger charge is 2.24. The van der Waals surface area contributed by atoms with E-state index in [1.54, 1.807) is 11.3 Å². The number of fused-ring (bicyclic) bond motifs is 2. The van der Waals surface area contributed by atoms with Gasteiger partial charge in [-0.25, -0.2) is 14.5 Å². The monoisotopic (exact) mass is 407 g/mol. The number of imidazole rings is 1. The summed E-state index contributed by atoms with van der Waals surface area (Å²) in [6.45, 7) is 4.01. The molecule has 0 spiro atoms. The molecule has 0 radical (unpaired) electrons. The lowest BCUT2D eigenvalue weighted by Gasteiger charge is -2.24. The van der Waals surface area contributed by atoms with Crippen LogP contribution in [0.2, 0.25) is 0 Å². The van der Waals surface area contributed by atoms with Crippen LogP contribution in [0.4, 0.5) is 17.2 Å². The first kappa shape index (κ1) is 18.3. The predicted molar refractivity (Wildman–Crippen MR) is 119 cm³/mol. The average molecular weight is 408 g/mol. The molecule has 1 saturated carbocycles. The Labute approximate surface area is 173 Å². The number of rotatable bonds is 3. The van der Waals surface area contributed by atoms with Gasteiger partial charge in [-0.2, -0.15) is 0 Å². The lowest BCUT2D eigenvalue weighted by molar-refractivity contribution is 0.391. The number of aryl methyl sites for hydroxylation is 1. The Morgan fingerprint density at radius 3 is 2.72 bits per heavy atom. The maximum absolute atomic E-state index is 6.22. The van der Waals surface area contributed by atoms with Gasteiger partial charge in [-0.15, -0.1) is 16.4 Å². The zero-order valence-electron chi connectivity index (χ0n) is 16.6. The number of anilines is 3. The molecule has 1 fully saturated rings. The molecular weight excluding hydrogens is 382 g/mol. The Bertz CT molecular complexity index is 1200. The highest BCUT2D eigenvalue weighted by atomic mass is 32.1. The number of aromatic nitrogens is 4. The van der Waals surface area contributed by atoms with Gasteiger partial charge in [0.25, 0.3) is 0 Å². The SMILES string of the molecule is Cc1nc2ccc(Nc3c(C)c(N)nn4cc(C5CCC(N)CC5)nc34)cc2s1. The average Bonchev–Trinajstić information content (AvgIpc) is 3.28. The molecule has 5 N–H and O–H groups in total. The second-order valence-electron chi connectivity index (χ2n) is 7.97. The molecule has 0 atom stereocenters. The number of benzene rings is 1. The quantitative estimate of drug-likeness (QED) is 0.468. The number of hydrogen-bond acceptors (Lipinski definition) is 7. The molecule has 7 nitrogen and oxygen atoms in total. The van der Waals surface area contributed by atoms with Crippen molar-refractivity contribution in [2.75, 3.05) is 11.1 Å². The lowest BCUT2D eigenvalue weighted by Crippen LogP contribution is -2.25. The van der Waals surface area contributed by atoms with Crippen molar-refractivity contribution < 1.29 is 0 Å². The van der Waals surface area contributed by atoms with Crippen LogP contribution in [-0.2, 0) is 0 Å². The topological polar surface area (TPSA) is 107 Å². The van der Waals surface area contributed by atoms with Crippen molar-refractivity contribution >= 4 is 44.4 Å². The van der Waals surface area contributed by atoms with Crippen LogP contribution in [0.1, 0.15) is 47.9 Å². The Morgan fingerprint density at radius 1 is 1.14 bits per heavy atom. The number of nitrogens with two attached hydrogens (primary N) is 2. The smallest absolute Gasteiger partial charge is 0.177 e. The minimum Gasteiger partial charge on any atom is -0.382 e. The van der Waals surface area contributed by atoms with Crippen molar-refractivity contribution in [1.82, 2.24) is 19.6 Å². The van der Waals surface area contributed by atoms with Crippen LogP contribution in [-0.4, -0.2) is 25.6 Å². The molecule has 4 aromatic rings. The van der Waals surface area contributed by atoms with E-state index in [0.717, 1.165) is 69.2 Å². The third-order valence-corrected chi connectivity index (χ3v) is 6.79. The number of nitrogen functional groups attached to an aromatic ring is 1. The summed E-state index contributed by atoms with van der Waals surface area (Å²) in [5.74, 6) is 0.937. The molecule has 0 aliphatic heterocycles. The van der Waals surface area contributed by atoms with Crippen molar-refractivity contribution in [1.29, 1.82) is 0 Å². The van der Waals surface area contributed by atoms with Gasteiger partial charge in [0.2, 0.25) is 0 Å². The summed E-state index contributed by atoms with van der Waals surface area (Å²) in [7, 11) is 0. The fourth-order valence-electron chi connectivity index (χ4n) is 4.15. The summed E-state index contributed by atoms with van der Waals surface area (Å²) in [5, 5.41) is 9.12. The summed E-state index contributed by atoms with van der Waals surface area (Å²) in [6, 6.07) is 6.53. The van der Waals surface area contributed by atoms with E-state index in [1.807, 2.05) is 36.7 Å². The van der Waals surface area contributed by atoms with Gasteiger partial charge in [-0.3, -0.25) is 0 Å². The third kappa shape index (κ3) is 3.32. The van der Waals surface area contributed by atoms with E-state index < -0.39 is 0 Å². The fraction of sp³-hybridized carbons (Fsp3) is 0.381. The van der Waals surface area contributed by atoms with Crippen LogP contribution in [0, 0.1) is 13.8 Å². The summed E-state index contributed by atoms with van der Waals surface area (Å²) < 4.78 is 2.97. The summed E-state index contributed by atoms with van der Waals surface area (Å²) in [6.07, 6.45) is 6.26. The lowest BCUT2D eigenvalue weighted by atomic mass is 9.85. The summed E-state index contributed by atoms with van der Waals surface area (Å²) in [5.41, 5.74) is 18.0. The van der Waals surface area contributed by atoms with Crippen molar-refractivity contribution in [3.05, 3.63) is 40.7 Å². The van der Waals surface area contributed by atoms with E-state index in [1.165, 1.54) is 0 Å². The molecule has 1 aromatic carbocycles. The largest absolute Gasteiger partial charge is 0.382 e. The van der Waals surface area contributed by atoms with Crippen LogP contribution >= 0.6 is 11.3 Å². The molecule has 5 rings (SSSR count). The normalized spacial score (nSPS) is 19.8. The predicted octanol–water partition coefficient (Wildman–Crippen LogP) is 4.27. The maximum Gasteiger partial charge on any atom is 0.177 e. The van der Waals surface area contributed by atoms with E-state index >= 15 is 0 Å². The van der Waals surface area contributed by atoms with Gasteiger partial charge in [-0.1, -0.05) is 0 Å². The molecule has 0 bridgehead atoms. The molecule has 0 saturated heterocycles. The van der Waals surface area contributed by atoms with Crippen LogP contribution in [0.3, 0.4) is 0 Å². The number of nitrogens with one attached hydrogen (secondary N) is 1. The minimum absolute atomic E-state index is 0.321. The van der Waals surface area contributed by atoms with E-state index in [9.17, 15) is 0 Å². The third-order valence-electron chi connectivity index (χ3n) is 5.86. The maximum atomic E-state index is 6.22. The van der Waals surface area contributed by atoms with Gasteiger partial charge in [0.1, 0.15) is 5.82 Å². The van der Waals surface area contributed by atoms with Gasteiger partial charge in [-0.05, 0) is 57.7 Å². The van der Waals surface area contributed by atoms with E-state index in [2.05, 4.69) is 21.5 Å². The van der Waals surface area contributed by atoms with Gasteiger partial charge < -0.3 is 16.8 Å². The highest BCUT2D eigenvalue weighted by Crippen LogP contribution is 2.35. The van der Waals surface area contributed by atoms with Crippen LogP contribution in [0.25, 0.3) is 15.9 Å². The summed E-state index contributed by atoms with van der Waals surface area (Å²) >= 11 is 1.69. The first-order valence-electron chi connectivity index (χ1n) is 10.0. The Kier molecular flexibility index (Phi) is 4.40. The molecule has 3 heterocycles. The van der Waals surface area contributed by atoms with E-state index in [-0.39, 0.29) is 0 Å². The second kappa shape index (κ2) is 6.96. The second-order valence-corrected chi connectivity index (χ2v) is 9.21. The van der Waals surface area contributed by atoms with Gasteiger partial charge in [0, 0.05) is 23.2 Å². The van der Waals surface area contributed by atoms with Crippen molar-refractivity contribution in [2.45, 2.75) is 51.5 Å². The molecule has 1 aliphatic rings. The summed E-state index contributed by atoms with van der Waals surface area (Å²) in [4.78, 5) is 9.50. The zero-order valence-corrected chi connectivity index (χ0v) is 17.5. The van der Waals surface area contributed by atoms with Crippen LogP contribution in [0.15, 0.2) is 24.4 Å². The number of thiazole rings is 1. The Balaban J connectivity index is 1.55. The van der Waals surface area contributed by atoms with E-state index in [4.69, 9.17) is 16.5 Å². The Hall–Kier alpha value is -2.71. The van der Waals surface area contributed by atoms with Gasteiger partial charge in [0.05, 0.1) is 32.8 Å². The molecule has 0 unspecified atom stereocenters. The highest BCUT2D eigenvalue weighted by molar-refractivity contribution is 7.18. The Morgan fingerprint density at radius 2 is 1.93 bits per heavy atom. The van der Waals surface area contributed by atoms with Crippen molar-refractivity contribution in [3.8, 4) is 0 Å². The number of nitrogens with zero attached hydrogens (tertiary/aromatic N) is 4. The van der Waals surface area contributed by atoms with Crippen molar-refractivity contribution in [3.63, 3.8) is 0 Å². The zero-order chi connectivity index (χ0) is 20.1. The van der Waals surface area contributed by atoms with E-state index in [0.29, 0.717) is 17.8 Å². The van der Waals surface area contributed by atoms with Gasteiger partial charge >= 0.3 is 0 Å². The molecule has 150 valence electrons. The minimum atomic E-state index is 0.321. The standard InChI is InChI=1S/C21H25N7S/c1-11-19(25-15-7-8-16-18(9-15)29-12(2)24-16)21-26-17(10-28(21)27-20(11)23)13-3-5-14(22)6-4-13/h7-10,13-14,25H,3-6,22H2,1-2H3,(H2,23,27). The first-order chi connectivity index (χ1) is 14.0.